The normalized spacial score (nSPS) is 19.4. The summed E-state index contributed by atoms with van der Waals surface area (Å²) in [5.74, 6) is -0.0602. The maximum atomic E-state index is 12.8. The van der Waals surface area contributed by atoms with Crippen molar-refractivity contribution in [3.8, 4) is 0 Å². The van der Waals surface area contributed by atoms with Crippen molar-refractivity contribution in [1.29, 1.82) is 0 Å². The highest BCUT2D eigenvalue weighted by Gasteiger charge is 2.40. The average Bonchev–Trinajstić information content (AvgIpc) is 3.00. The van der Waals surface area contributed by atoms with Crippen LogP contribution < -0.4 is 5.32 Å². The molecule has 2 heterocycles. The number of rotatable bonds is 5. The fraction of sp³-hybridized carbons (Fsp3) is 0.391. The van der Waals surface area contributed by atoms with E-state index in [2.05, 4.69) is 53.5 Å². The smallest absolute Gasteiger partial charge is 0.320 e. The first-order chi connectivity index (χ1) is 14.0. The van der Waals surface area contributed by atoms with Crippen LogP contribution in [0.1, 0.15) is 23.6 Å². The Bertz CT molecular complexity index is 879. The Kier molecular flexibility index (Phi) is 5.53. The lowest BCUT2D eigenvalue weighted by Crippen LogP contribution is -2.51. The highest BCUT2D eigenvalue weighted by molar-refractivity contribution is 5.88. The van der Waals surface area contributed by atoms with Crippen molar-refractivity contribution < 1.29 is 9.59 Å². The predicted octanol–water partition coefficient (Wildman–Crippen LogP) is 3.08. The number of urea groups is 1. The Hall–Kier alpha value is -2.86. The summed E-state index contributed by atoms with van der Waals surface area (Å²) < 4.78 is 0. The number of benzene rings is 2. The van der Waals surface area contributed by atoms with Gasteiger partial charge in [0.2, 0.25) is 5.91 Å². The molecule has 4 rings (SSSR count). The Morgan fingerprint density at radius 2 is 1.62 bits per heavy atom. The number of fused-ring (bicyclic) bond motifs is 1. The van der Waals surface area contributed by atoms with E-state index in [1.165, 1.54) is 23.6 Å². The van der Waals surface area contributed by atoms with Gasteiger partial charge in [0.25, 0.3) is 0 Å². The van der Waals surface area contributed by atoms with Crippen LogP contribution in [0.15, 0.2) is 48.5 Å². The van der Waals surface area contributed by atoms with Crippen LogP contribution in [-0.2, 0) is 17.9 Å². The van der Waals surface area contributed by atoms with Gasteiger partial charge < -0.3 is 15.1 Å². The largest absolute Gasteiger partial charge is 0.326 e. The molecule has 2 aliphatic rings. The van der Waals surface area contributed by atoms with Gasteiger partial charge in [-0.2, -0.15) is 0 Å². The van der Waals surface area contributed by atoms with E-state index in [1.54, 1.807) is 0 Å². The van der Waals surface area contributed by atoms with Gasteiger partial charge in [0.05, 0.1) is 6.04 Å². The third kappa shape index (κ3) is 4.59. The minimum Gasteiger partial charge on any atom is -0.326 e. The van der Waals surface area contributed by atoms with Gasteiger partial charge in [-0.25, -0.2) is 4.79 Å². The molecule has 0 unspecified atom stereocenters. The van der Waals surface area contributed by atoms with Crippen LogP contribution in [0, 0.1) is 6.92 Å². The number of carbonyl (C=O) groups excluding carboxylic acids is 2. The fourth-order valence-electron chi connectivity index (χ4n) is 4.19. The van der Waals surface area contributed by atoms with E-state index >= 15 is 0 Å². The predicted molar refractivity (Wildman–Crippen MR) is 114 cm³/mol. The molecule has 1 atom stereocenters. The van der Waals surface area contributed by atoms with Crippen molar-refractivity contribution >= 4 is 17.6 Å². The summed E-state index contributed by atoms with van der Waals surface area (Å²) in [5, 5.41) is 2.80. The Labute approximate surface area is 172 Å². The van der Waals surface area contributed by atoms with Gasteiger partial charge in [0.1, 0.15) is 0 Å². The molecule has 2 aromatic carbocycles. The lowest BCUT2D eigenvalue weighted by molar-refractivity contribution is -0.114. The summed E-state index contributed by atoms with van der Waals surface area (Å²) in [6.07, 6.45) is 0. The molecule has 0 saturated carbocycles. The molecule has 152 valence electrons. The Balaban J connectivity index is 1.34. The molecule has 3 amide bonds. The lowest BCUT2D eigenvalue weighted by atomic mass is 10.1. The third-order valence-electron chi connectivity index (χ3n) is 5.69. The van der Waals surface area contributed by atoms with Crippen molar-refractivity contribution in [1.82, 2.24) is 14.7 Å². The Morgan fingerprint density at radius 1 is 0.966 bits per heavy atom. The lowest BCUT2D eigenvalue weighted by Gasteiger charge is -2.36. The number of aryl methyl sites for hydroxylation is 1. The molecular weight excluding hydrogens is 364 g/mol. The van der Waals surface area contributed by atoms with E-state index in [0.717, 1.165) is 38.4 Å². The molecule has 0 spiro atoms. The average molecular weight is 393 g/mol. The molecule has 1 N–H and O–H groups in total. The van der Waals surface area contributed by atoms with Gasteiger partial charge in [-0.1, -0.05) is 42.0 Å². The summed E-state index contributed by atoms with van der Waals surface area (Å²) >= 11 is 0. The molecular formula is C23H28N4O2. The van der Waals surface area contributed by atoms with Gasteiger partial charge in [0, 0.05) is 51.9 Å². The maximum Gasteiger partial charge on any atom is 0.320 e. The van der Waals surface area contributed by atoms with E-state index in [0.29, 0.717) is 6.54 Å². The highest BCUT2D eigenvalue weighted by atomic mass is 16.2. The molecule has 0 aromatic heterocycles. The van der Waals surface area contributed by atoms with Crippen LogP contribution in [0.3, 0.4) is 0 Å². The van der Waals surface area contributed by atoms with Crippen molar-refractivity contribution in [2.75, 3.05) is 31.5 Å². The van der Waals surface area contributed by atoms with Crippen LogP contribution in [-0.4, -0.2) is 58.9 Å². The van der Waals surface area contributed by atoms with Crippen molar-refractivity contribution in [2.24, 2.45) is 0 Å². The zero-order valence-corrected chi connectivity index (χ0v) is 17.1. The summed E-state index contributed by atoms with van der Waals surface area (Å²) in [6, 6.07) is 16.8. The summed E-state index contributed by atoms with van der Waals surface area (Å²) in [7, 11) is 0. The zero-order valence-electron chi connectivity index (χ0n) is 17.1. The standard InChI is InChI=1S/C23H28N4O2/c1-17-3-5-20(6-4-17)14-26-16-22-15-25(11-12-27(22)23(26)29)13-19-7-9-21(10-8-19)24-18(2)28/h3-10,22H,11-16H2,1-2H3,(H,24,28)/t22-/m1/s1. The second-order valence-electron chi connectivity index (χ2n) is 8.11. The summed E-state index contributed by atoms with van der Waals surface area (Å²) in [6.45, 7) is 8.46. The number of carbonyl (C=O) groups is 2. The van der Waals surface area contributed by atoms with Crippen LogP contribution in [0.4, 0.5) is 10.5 Å². The molecule has 0 aliphatic carbocycles. The molecule has 29 heavy (non-hydrogen) atoms. The molecule has 2 fully saturated rings. The number of hydrogen-bond donors (Lipinski definition) is 1. The second kappa shape index (κ2) is 8.25. The van der Waals surface area contributed by atoms with E-state index in [-0.39, 0.29) is 18.0 Å². The fourth-order valence-corrected chi connectivity index (χ4v) is 4.19. The van der Waals surface area contributed by atoms with Gasteiger partial charge >= 0.3 is 6.03 Å². The van der Waals surface area contributed by atoms with Crippen molar-refractivity contribution in [3.63, 3.8) is 0 Å². The molecule has 6 nitrogen and oxygen atoms in total. The number of nitrogens with one attached hydrogen (secondary N) is 1. The topological polar surface area (TPSA) is 55.9 Å². The molecule has 0 radical (unpaired) electrons. The van der Waals surface area contributed by atoms with Crippen LogP contribution >= 0.6 is 0 Å². The molecule has 2 aliphatic heterocycles. The first kappa shape index (κ1) is 19.5. The van der Waals surface area contributed by atoms with Gasteiger partial charge in [0.15, 0.2) is 0 Å². The summed E-state index contributed by atoms with van der Waals surface area (Å²) in [5.41, 5.74) is 4.45. The minimum atomic E-state index is -0.0602. The maximum absolute atomic E-state index is 12.8. The first-order valence-corrected chi connectivity index (χ1v) is 10.2. The van der Waals surface area contributed by atoms with Crippen molar-refractivity contribution in [3.05, 3.63) is 65.2 Å². The number of hydrogen-bond acceptors (Lipinski definition) is 3. The Morgan fingerprint density at radius 3 is 2.31 bits per heavy atom. The quantitative estimate of drug-likeness (QED) is 0.851. The second-order valence-corrected chi connectivity index (χ2v) is 8.11. The zero-order chi connectivity index (χ0) is 20.4. The van der Waals surface area contributed by atoms with Crippen molar-refractivity contribution in [2.45, 2.75) is 33.0 Å². The van der Waals surface area contributed by atoms with Crippen LogP contribution in [0.5, 0.6) is 0 Å². The molecule has 0 bridgehead atoms. The first-order valence-electron chi connectivity index (χ1n) is 10.2. The van der Waals surface area contributed by atoms with Gasteiger partial charge in [-0.15, -0.1) is 0 Å². The number of nitrogens with zero attached hydrogens (tertiary/aromatic N) is 3. The number of anilines is 1. The van der Waals surface area contributed by atoms with Crippen LogP contribution in [0.2, 0.25) is 0 Å². The van der Waals surface area contributed by atoms with E-state index in [4.69, 9.17) is 0 Å². The number of amides is 3. The third-order valence-corrected chi connectivity index (χ3v) is 5.69. The molecule has 2 saturated heterocycles. The molecule has 6 heteroatoms. The van der Waals surface area contributed by atoms with Gasteiger partial charge in [-0.3, -0.25) is 9.69 Å². The minimum absolute atomic E-state index is 0.0602. The van der Waals surface area contributed by atoms with E-state index in [9.17, 15) is 9.59 Å². The SMILES string of the molecule is CC(=O)Nc1ccc(CN2CCN3C(=O)N(Cc4ccc(C)cc4)C[C@H]3C2)cc1. The van der Waals surface area contributed by atoms with E-state index < -0.39 is 0 Å². The summed E-state index contributed by atoms with van der Waals surface area (Å²) in [4.78, 5) is 30.4. The van der Waals surface area contributed by atoms with Gasteiger partial charge in [-0.05, 0) is 30.2 Å². The number of piperazine rings is 1. The highest BCUT2D eigenvalue weighted by Crippen LogP contribution is 2.24. The monoisotopic (exact) mass is 392 g/mol. The molecule has 2 aromatic rings. The van der Waals surface area contributed by atoms with Crippen LogP contribution in [0.25, 0.3) is 0 Å². The van der Waals surface area contributed by atoms with E-state index in [1.807, 2.05) is 21.9 Å².